The molecule has 2 rings (SSSR count). The Morgan fingerprint density at radius 1 is 1.62 bits per heavy atom. The van der Waals surface area contributed by atoms with Crippen LogP contribution in [0.15, 0.2) is 16.9 Å². The van der Waals surface area contributed by atoms with Crippen LogP contribution in [0.5, 0.6) is 0 Å². The molecule has 5 heteroatoms. The Morgan fingerprint density at radius 2 is 2.46 bits per heavy atom. The van der Waals surface area contributed by atoms with Crippen LogP contribution in [0.2, 0.25) is 0 Å². The molecule has 1 atom stereocenters. The minimum Gasteiger partial charge on any atom is -0.355 e. The van der Waals surface area contributed by atoms with Gasteiger partial charge in [-0.25, -0.2) is 0 Å². The summed E-state index contributed by atoms with van der Waals surface area (Å²) in [6.07, 6.45) is 3.55. The number of aliphatic imine (C=N–C) groups is 1. The lowest BCUT2D eigenvalue weighted by Crippen LogP contribution is -2.40. The van der Waals surface area contributed by atoms with Gasteiger partial charge in [0.15, 0.2) is 6.29 Å². The first-order valence-electron chi connectivity index (χ1n) is 4.39. The van der Waals surface area contributed by atoms with Gasteiger partial charge in [-0.05, 0) is 6.08 Å². The van der Waals surface area contributed by atoms with E-state index in [1.165, 1.54) is 0 Å². The fourth-order valence-corrected chi connectivity index (χ4v) is 1.92. The van der Waals surface area contributed by atoms with E-state index in [0.717, 1.165) is 25.5 Å². The van der Waals surface area contributed by atoms with E-state index in [1.807, 2.05) is 6.08 Å². The Kier molecular flexibility index (Phi) is 2.42. The van der Waals surface area contributed by atoms with Crippen molar-refractivity contribution < 1.29 is 0 Å². The van der Waals surface area contributed by atoms with Crippen LogP contribution in [-0.2, 0) is 0 Å². The Morgan fingerprint density at radius 3 is 3.23 bits per heavy atom. The minimum atomic E-state index is -0.208. The number of nitrogens with two attached hydrogens (primary N) is 1. The van der Waals surface area contributed by atoms with Gasteiger partial charge in [-0.2, -0.15) is 0 Å². The lowest BCUT2D eigenvalue weighted by atomic mass is 10.4. The molecule has 0 aliphatic carbocycles. The average Bonchev–Trinajstić information content (AvgIpc) is 2.51. The summed E-state index contributed by atoms with van der Waals surface area (Å²) in [7, 11) is 0. The molecule has 0 amide bonds. The number of alkyl halides is 1. The maximum atomic E-state index is 5.81. The SMILES string of the molecule is NC1N=CC=C2N(CCCl)CCN21. The maximum absolute atomic E-state index is 5.81. The molecule has 13 heavy (non-hydrogen) atoms. The molecule has 1 fully saturated rings. The van der Waals surface area contributed by atoms with Gasteiger partial charge in [0, 0.05) is 31.7 Å². The predicted octanol–water partition coefficient (Wildman–Crippen LogP) is 0.0109. The molecule has 0 bridgehead atoms. The highest BCUT2D eigenvalue weighted by Crippen LogP contribution is 2.21. The number of halogens is 1. The Balaban J connectivity index is 2.12. The van der Waals surface area contributed by atoms with Crippen molar-refractivity contribution in [3.8, 4) is 0 Å². The molecule has 0 spiro atoms. The smallest absolute Gasteiger partial charge is 0.174 e. The van der Waals surface area contributed by atoms with Crippen molar-refractivity contribution in [3.05, 3.63) is 11.9 Å². The van der Waals surface area contributed by atoms with Crippen LogP contribution < -0.4 is 5.73 Å². The molecule has 2 aliphatic heterocycles. The van der Waals surface area contributed by atoms with E-state index in [4.69, 9.17) is 17.3 Å². The van der Waals surface area contributed by atoms with Crippen LogP contribution in [0.3, 0.4) is 0 Å². The topological polar surface area (TPSA) is 44.9 Å². The molecule has 4 nitrogen and oxygen atoms in total. The first-order valence-corrected chi connectivity index (χ1v) is 4.93. The van der Waals surface area contributed by atoms with Gasteiger partial charge in [0.1, 0.15) is 5.82 Å². The van der Waals surface area contributed by atoms with Crippen LogP contribution in [0.25, 0.3) is 0 Å². The molecule has 2 aliphatic rings. The largest absolute Gasteiger partial charge is 0.355 e. The van der Waals surface area contributed by atoms with Crippen molar-refractivity contribution in [1.29, 1.82) is 0 Å². The Bertz CT molecular complexity index is 251. The van der Waals surface area contributed by atoms with Crippen molar-refractivity contribution >= 4 is 17.8 Å². The zero-order chi connectivity index (χ0) is 9.26. The van der Waals surface area contributed by atoms with E-state index in [2.05, 4.69) is 14.8 Å². The van der Waals surface area contributed by atoms with E-state index < -0.39 is 0 Å². The van der Waals surface area contributed by atoms with Gasteiger partial charge in [0.25, 0.3) is 0 Å². The molecule has 2 heterocycles. The first-order chi connectivity index (χ1) is 6.33. The summed E-state index contributed by atoms with van der Waals surface area (Å²) in [6.45, 7) is 2.82. The molecule has 0 aromatic heterocycles. The maximum Gasteiger partial charge on any atom is 0.174 e. The van der Waals surface area contributed by atoms with Gasteiger partial charge >= 0.3 is 0 Å². The summed E-state index contributed by atoms with van der Waals surface area (Å²) in [6, 6.07) is 0. The van der Waals surface area contributed by atoms with E-state index >= 15 is 0 Å². The van der Waals surface area contributed by atoms with Crippen molar-refractivity contribution in [1.82, 2.24) is 9.80 Å². The summed E-state index contributed by atoms with van der Waals surface area (Å²) in [5, 5.41) is 0. The molecule has 72 valence electrons. The van der Waals surface area contributed by atoms with E-state index in [1.54, 1.807) is 6.21 Å². The van der Waals surface area contributed by atoms with Gasteiger partial charge in [-0.1, -0.05) is 0 Å². The summed E-state index contributed by atoms with van der Waals surface area (Å²) >= 11 is 5.70. The third-order valence-corrected chi connectivity index (χ3v) is 2.53. The highest BCUT2D eigenvalue weighted by molar-refractivity contribution is 6.18. The molecule has 1 unspecified atom stereocenters. The van der Waals surface area contributed by atoms with E-state index in [9.17, 15) is 0 Å². The molecular formula is C8H13ClN4. The fraction of sp³-hybridized carbons (Fsp3) is 0.625. The monoisotopic (exact) mass is 200 g/mol. The van der Waals surface area contributed by atoms with Gasteiger partial charge in [-0.15, -0.1) is 11.6 Å². The zero-order valence-corrected chi connectivity index (χ0v) is 8.11. The van der Waals surface area contributed by atoms with Gasteiger partial charge in [0.05, 0.1) is 0 Å². The summed E-state index contributed by atoms with van der Waals surface area (Å²) in [4.78, 5) is 8.43. The van der Waals surface area contributed by atoms with Crippen LogP contribution in [0.1, 0.15) is 0 Å². The standard InChI is InChI=1S/C8H13ClN4/c9-2-4-12-5-6-13-7(12)1-3-11-8(13)10/h1,3,8H,2,4-6,10H2. The van der Waals surface area contributed by atoms with Crippen molar-refractivity contribution in [2.45, 2.75) is 6.29 Å². The second-order valence-electron chi connectivity index (χ2n) is 3.11. The first kappa shape index (κ1) is 8.84. The number of rotatable bonds is 2. The molecule has 0 saturated carbocycles. The highest BCUT2D eigenvalue weighted by atomic mass is 35.5. The number of fused-ring (bicyclic) bond motifs is 1. The van der Waals surface area contributed by atoms with Crippen LogP contribution in [-0.4, -0.2) is 47.8 Å². The highest BCUT2D eigenvalue weighted by Gasteiger charge is 2.28. The number of hydrogen-bond acceptors (Lipinski definition) is 4. The van der Waals surface area contributed by atoms with E-state index in [-0.39, 0.29) is 6.29 Å². The fourth-order valence-electron chi connectivity index (χ4n) is 1.71. The number of allylic oxidation sites excluding steroid dienone is 1. The van der Waals surface area contributed by atoms with Gasteiger partial charge in [-0.3, -0.25) is 10.7 Å². The quantitative estimate of drug-likeness (QED) is 0.639. The Labute approximate surface area is 82.7 Å². The predicted molar refractivity (Wildman–Crippen MR) is 53.5 cm³/mol. The summed E-state index contributed by atoms with van der Waals surface area (Å²) in [5.74, 6) is 1.81. The summed E-state index contributed by atoms with van der Waals surface area (Å²) < 4.78 is 0. The van der Waals surface area contributed by atoms with Crippen LogP contribution in [0.4, 0.5) is 0 Å². The molecule has 1 saturated heterocycles. The molecule has 0 aromatic carbocycles. The molecule has 0 radical (unpaired) electrons. The average molecular weight is 201 g/mol. The van der Waals surface area contributed by atoms with E-state index in [0.29, 0.717) is 5.88 Å². The van der Waals surface area contributed by atoms with Crippen LogP contribution in [0, 0.1) is 0 Å². The second kappa shape index (κ2) is 3.55. The molecule has 2 N–H and O–H groups in total. The lowest BCUT2D eigenvalue weighted by Gasteiger charge is -2.28. The van der Waals surface area contributed by atoms with Gasteiger partial charge in [0.2, 0.25) is 0 Å². The third-order valence-electron chi connectivity index (χ3n) is 2.37. The molecule has 0 aromatic rings. The van der Waals surface area contributed by atoms with Crippen molar-refractivity contribution in [2.24, 2.45) is 10.7 Å². The Hall–Kier alpha value is -0.740. The normalized spacial score (nSPS) is 26.3. The lowest BCUT2D eigenvalue weighted by molar-refractivity contribution is 0.275. The van der Waals surface area contributed by atoms with Crippen LogP contribution >= 0.6 is 11.6 Å². The zero-order valence-electron chi connectivity index (χ0n) is 7.36. The van der Waals surface area contributed by atoms with Gasteiger partial charge < -0.3 is 9.80 Å². The minimum absolute atomic E-state index is 0.208. The third kappa shape index (κ3) is 1.51. The van der Waals surface area contributed by atoms with Crippen molar-refractivity contribution in [3.63, 3.8) is 0 Å². The summed E-state index contributed by atoms with van der Waals surface area (Å²) in [5.41, 5.74) is 5.81. The number of nitrogens with zero attached hydrogens (tertiary/aromatic N) is 3. The second-order valence-corrected chi connectivity index (χ2v) is 3.48. The molecular weight excluding hydrogens is 188 g/mol. The number of hydrogen-bond donors (Lipinski definition) is 1. The van der Waals surface area contributed by atoms with Crippen molar-refractivity contribution in [2.75, 3.05) is 25.5 Å².